The number of aliphatic hydroxyl groups excluding tert-OH is 7. The number of carboxylic acid groups (broad SMARTS) is 1. The van der Waals surface area contributed by atoms with Gasteiger partial charge in [-0.25, -0.2) is 0 Å². The molecule has 0 bridgehead atoms. The highest BCUT2D eigenvalue weighted by molar-refractivity contribution is 7.80. The van der Waals surface area contributed by atoms with Crippen molar-refractivity contribution in [2.45, 2.75) is 249 Å². The van der Waals surface area contributed by atoms with E-state index in [2.05, 4.69) is 60.5 Å². The first-order valence-corrected chi connectivity index (χ1v) is 46.2. The van der Waals surface area contributed by atoms with Gasteiger partial charge in [0.2, 0.25) is 118 Å². The third-order valence-corrected chi connectivity index (χ3v) is 27.8. The highest BCUT2D eigenvalue weighted by Gasteiger charge is 2.53. The Kier molecular flexibility index (Phi) is 32.5. The summed E-state index contributed by atoms with van der Waals surface area (Å²) in [5.41, 5.74) is 0. The van der Waals surface area contributed by atoms with Crippen molar-refractivity contribution in [3.63, 3.8) is 0 Å². The molecule has 0 unspecified atom stereocenters. The number of likely N-dealkylation sites (tertiary alicyclic amines) is 12. The zero-order valence-electron chi connectivity index (χ0n) is 73.4. The van der Waals surface area contributed by atoms with Gasteiger partial charge in [0.05, 0.1) is 88.0 Å². The molecule has 732 valence electrons. The third-order valence-electron chi connectivity index (χ3n) is 27.5. The normalized spacial score (nSPS) is 30.4. The summed E-state index contributed by atoms with van der Waals surface area (Å²) in [6.07, 6.45) is -5.82. The Labute approximate surface area is 767 Å². The van der Waals surface area contributed by atoms with Crippen LogP contribution in [0.2, 0.25) is 0 Å². The minimum atomic E-state index is -1.48. The van der Waals surface area contributed by atoms with E-state index in [1.807, 2.05) is 0 Å². The average Bonchev–Trinajstić information content (AvgIpc) is 1.70. The predicted molar refractivity (Wildman–Crippen MR) is 452 cm³/mol. The summed E-state index contributed by atoms with van der Waals surface area (Å²) in [6, 6.07) is -16.5. The highest BCUT2D eigenvalue weighted by atomic mass is 32.1. The van der Waals surface area contributed by atoms with Crippen molar-refractivity contribution in [2.24, 2.45) is 0 Å². The lowest BCUT2D eigenvalue weighted by Gasteiger charge is -2.32. The van der Waals surface area contributed by atoms with Crippen LogP contribution in [0.15, 0.2) is 0 Å². The van der Waals surface area contributed by atoms with Crippen LogP contribution in [0.25, 0.3) is 0 Å². The first-order chi connectivity index (χ1) is 63.4. The third kappa shape index (κ3) is 22.6. The molecule has 50 nitrogen and oxygen atoms in total. The second-order valence-electron chi connectivity index (χ2n) is 36.4. The van der Waals surface area contributed by atoms with Gasteiger partial charge in [0.1, 0.15) is 85.1 Å². The smallest absolute Gasteiger partial charge is 0.322 e. The lowest BCUT2D eigenvalue weighted by molar-refractivity contribution is -0.148. The van der Waals surface area contributed by atoms with E-state index in [-0.39, 0.29) is 167 Å². The van der Waals surface area contributed by atoms with E-state index in [1.165, 1.54) is 29.4 Å². The van der Waals surface area contributed by atoms with Gasteiger partial charge in [-0.15, -0.1) is 0 Å². The van der Waals surface area contributed by atoms with Crippen LogP contribution in [0, 0.1) is 0 Å². The molecular formula is C82H119N21O29S. The molecule has 0 aliphatic carbocycles. The van der Waals surface area contributed by atoms with E-state index in [9.17, 15) is 136 Å². The number of nitrogens with zero attached hydrogens (tertiary/aromatic N) is 12. The second-order valence-corrected chi connectivity index (χ2v) is 36.7. The predicted octanol–water partition coefficient (Wildman–Crippen LogP) is -14.3. The van der Waals surface area contributed by atoms with Crippen LogP contribution in [0.1, 0.15) is 122 Å². The molecule has 13 heterocycles. The number of aliphatic carboxylic acids is 1. The van der Waals surface area contributed by atoms with Gasteiger partial charge in [0.15, 0.2) is 0 Å². The van der Waals surface area contributed by atoms with Gasteiger partial charge in [0.25, 0.3) is 0 Å². The molecule has 21 atom stereocenters. The Morgan fingerprint density at radius 3 is 0.729 bits per heavy atom. The van der Waals surface area contributed by atoms with Crippen LogP contribution < -0.4 is 47.9 Å². The highest BCUT2D eigenvalue weighted by Crippen LogP contribution is 2.34. The second kappa shape index (κ2) is 43.5. The monoisotopic (exact) mass is 1890 g/mol. The molecule has 20 amide bonds. The zero-order valence-corrected chi connectivity index (χ0v) is 74.3. The number of carbonyl (C=O) groups excluding carboxylic acids is 20. The summed E-state index contributed by atoms with van der Waals surface area (Å²) in [7, 11) is 0. The fourth-order valence-electron chi connectivity index (χ4n) is 20.9. The minimum Gasteiger partial charge on any atom is -0.480 e. The first-order valence-electron chi connectivity index (χ1n) is 45.6. The lowest BCUT2D eigenvalue weighted by Crippen LogP contribution is -2.57. The molecule has 0 saturated carbocycles. The summed E-state index contributed by atoms with van der Waals surface area (Å²) < 4.78 is 0. The lowest BCUT2D eigenvalue weighted by atomic mass is 10.1. The molecule has 13 aliphatic heterocycles. The molecule has 133 heavy (non-hydrogen) atoms. The fourth-order valence-corrected chi connectivity index (χ4v) is 21.1. The van der Waals surface area contributed by atoms with Gasteiger partial charge in [-0.05, 0) is 83.5 Å². The molecule has 13 rings (SSSR count). The Morgan fingerprint density at radius 1 is 0.271 bits per heavy atom. The van der Waals surface area contributed by atoms with Crippen molar-refractivity contribution in [1.29, 1.82) is 0 Å². The molecule has 0 aromatic carbocycles. The zero-order chi connectivity index (χ0) is 95.8. The number of β-amino-alcohol motifs (C(OH)–C–C–N with tert-alkyl or cyclic N) is 7. The Bertz CT molecular complexity index is 4540. The van der Waals surface area contributed by atoms with Crippen molar-refractivity contribution in [2.75, 3.05) is 137 Å². The van der Waals surface area contributed by atoms with Gasteiger partial charge in [-0.1, -0.05) is 0 Å². The Morgan fingerprint density at radius 2 is 0.496 bits per heavy atom. The summed E-state index contributed by atoms with van der Waals surface area (Å²) in [5, 5.41) is 106. The summed E-state index contributed by atoms with van der Waals surface area (Å²) in [5.74, 6) is -16.5. The van der Waals surface area contributed by atoms with Crippen molar-refractivity contribution < 1.29 is 142 Å². The van der Waals surface area contributed by atoms with Gasteiger partial charge in [0, 0.05) is 129 Å². The number of hydrogen-bond donors (Lipinski definition) is 18. The Hall–Kier alpha value is -11.1. The van der Waals surface area contributed by atoms with Crippen molar-refractivity contribution in [3.8, 4) is 0 Å². The maximum Gasteiger partial charge on any atom is 0.322 e. The van der Waals surface area contributed by atoms with E-state index in [0.717, 1.165) is 29.4 Å². The van der Waals surface area contributed by atoms with Gasteiger partial charge >= 0.3 is 5.97 Å². The maximum absolute atomic E-state index is 14.5. The number of aliphatic hydroxyl groups is 7. The molecule has 0 aromatic rings. The molecule has 17 N–H and O–H groups in total. The van der Waals surface area contributed by atoms with E-state index in [4.69, 9.17) is 5.11 Å². The van der Waals surface area contributed by atoms with E-state index >= 15 is 0 Å². The van der Waals surface area contributed by atoms with Crippen molar-refractivity contribution in [1.82, 2.24) is 107 Å². The molecule has 13 aliphatic rings. The summed E-state index contributed by atoms with van der Waals surface area (Å²) in [4.78, 5) is 302. The van der Waals surface area contributed by atoms with Crippen LogP contribution in [0.5, 0.6) is 0 Å². The van der Waals surface area contributed by atoms with E-state index < -0.39 is 298 Å². The Balaban J connectivity index is 0.531. The molecule has 0 radical (unpaired) electrons. The number of thiol groups is 1. The standard InChI is InChI=1S/C82H119N21O29S/c104-41-19-48(83-26-41)77(127)92-13-1-7-50(92)70(120)86-29-64(113)100-36-44(107)22-58(100)80(130)95-16-4-10-53(95)73(123)88-31-66(115)102-38-46(109)24-60(102)81(131)96-17-5-11-54(96)74(124)87-30-65(114)101-37-45(108)23-59(101)79(129)93-14-2-8-51(93)71(121)85-28-62(111)98-34-42(105)20-56(98)76(126)91-49(40-133)69(119)84-27-63(112)99-35-43(106)21-57(99)78(128)94-15-3-9-52(94)72(122)89-32-67(116)103-39-47(110)25-61(103)82(132)97-18-6-12-55(97)75(125)90-33-68(117)118/h41-61,83,104-110,133H,1-40H2,(H,84,119)(H,85,121)(H,86,120)(H,87,124)(H,88,123)(H,89,122)(H,90,125)(H,91,126)(H,117,118)/t41-,42-,43-,44-,45-,46-,47-,48+,49+,50+,51+,52+,53+,54+,55+,56+,57+,58+,59+,60+,61+/m1/s1. The van der Waals surface area contributed by atoms with E-state index in [0.29, 0.717) is 45.1 Å². The van der Waals surface area contributed by atoms with Crippen molar-refractivity contribution in [3.05, 3.63) is 0 Å². The van der Waals surface area contributed by atoms with Crippen LogP contribution in [-0.2, 0) is 101 Å². The van der Waals surface area contributed by atoms with Gasteiger partial charge < -0.3 is 148 Å². The number of rotatable bonds is 30. The fraction of sp³-hybridized carbons (Fsp3) is 0.744. The largest absolute Gasteiger partial charge is 0.480 e. The summed E-state index contributed by atoms with van der Waals surface area (Å²) >= 11 is 4.22. The molecule has 13 fully saturated rings. The summed E-state index contributed by atoms with van der Waals surface area (Å²) in [6.45, 7) is -5.98. The molecule has 51 heteroatoms. The first kappa shape index (κ1) is 99.4. The van der Waals surface area contributed by atoms with Gasteiger partial charge in [-0.2, -0.15) is 12.6 Å². The minimum absolute atomic E-state index is 0.00657. The average molecular weight is 1900 g/mol. The van der Waals surface area contributed by atoms with Gasteiger partial charge in [-0.3, -0.25) is 101 Å². The SMILES string of the molecule is O=C(O)CNC(=O)[C@@H]1CCCN1C(=O)[C@@H]1C[C@@H](O)CN1C(=O)CNC(=O)[C@@H]1CCCN1C(=O)[C@@H]1C[C@@H](O)CN1C(=O)CNC(=O)[C@H](CS)NC(=O)[C@@H]1C[C@@H](O)CN1C(=O)CNC(=O)[C@@H]1CCCN1C(=O)[C@@H]1C[C@@H](O)CN1C(=O)CNC(=O)[C@@H]1CCCN1C(=O)[C@@H]1C[C@@H](O)CN1C(=O)CNC(=O)[C@@H]1CCCN1C(=O)[C@@H]1C[C@@H](O)CN1C(=O)CNC(=O)[C@@H]1CCCN1C(=O)[C@@H]1C[C@@H](O)CN1. The van der Waals surface area contributed by atoms with Crippen LogP contribution in [-0.4, -0.2) is 488 Å². The topological polar surface area (TPSA) is 667 Å². The van der Waals surface area contributed by atoms with Crippen LogP contribution in [0.3, 0.4) is 0 Å². The van der Waals surface area contributed by atoms with Crippen LogP contribution in [0.4, 0.5) is 0 Å². The number of amides is 20. The van der Waals surface area contributed by atoms with Crippen molar-refractivity contribution >= 4 is 137 Å². The molecular weight excluding hydrogens is 1780 g/mol. The maximum atomic E-state index is 14.5. The number of carbonyl (C=O) groups is 21. The van der Waals surface area contributed by atoms with Crippen LogP contribution >= 0.6 is 12.6 Å². The molecule has 0 spiro atoms. The quantitative estimate of drug-likeness (QED) is 0.0297. The number of hydrogen-bond acceptors (Lipinski definition) is 30. The molecule has 0 aromatic heterocycles. The van der Waals surface area contributed by atoms with E-state index in [1.54, 1.807) is 0 Å². The number of carboxylic acids is 1. The number of nitrogens with one attached hydrogen (secondary N) is 9. The molecule has 13 saturated heterocycles.